The van der Waals surface area contributed by atoms with Crippen LogP contribution in [0.2, 0.25) is 0 Å². The van der Waals surface area contributed by atoms with Gasteiger partial charge in [0.05, 0.1) is 0 Å². The fraction of sp³-hybridized carbons (Fsp3) is 0.867. The van der Waals surface area contributed by atoms with E-state index in [2.05, 4.69) is 10.6 Å². The van der Waals surface area contributed by atoms with E-state index in [9.17, 15) is 9.59 Å². The Labute approximate surface area is 120 Å². The van der Waals surface area contributed by atoms with E-state index < -0.39 is 5.97 Å². The zero-order chi connectivity index (χ0) is 14.5. The van der Waals surface area contributed by atoms with Crippen LogP contribution in [0.25, 0.3) is 0 Å². The van der Waals surface area contributed by atoms with Gasteiger partial charge in [-0.1, -0.05) is 19.8 Å². The average molecular weight is 282 g/mol. The summed E-state index contributed by atoms with van der Waals surface area (Å²) in [5.41, 5.74) is 0. The minimum atomic E-state index is -0.805. The molecule has 0 heterocycles. The molecule has 2 aliphatic rings. The maximum atomic E-state index is 11.7. The zero-order valence-corrected chi connectivity index (χ0v) is 12.2. The highest BCUT2D eigenvalue weighted by atomic mass is 16.4. The third-order valence-corrected chi connectivity index (χ3v) is 5.00. The number of urea groups is 1. The van der Waals surface area contributed by atoms with Gasteiger partial charge in [0.2, 0.25) is 0 Å². The number of carboxylic acids is 1. The van der Waals surface area contributed by atoms with Gasteiger partial charge in [0.15, 0.2) is 0 Å². The maximum absolute atomic E-state index is 11.7. The maximum Gasteiger partial charge on any atom is 0.314 e. The van der Waals surface area contributed by atoms with Gasteiger partial charge >= 0.3 is 12.0 Å². The first-order valence-electron chi connectivity index (χ1n) is 7.82. The Morgan fingerprint density at radius 1 is 1.25 bits per heavy atom. The molecular formula is C15H26N2O3. The number of carbonyl (C=O) groups is 2. The van der Waals surface area contributed by atoms with Gasteiger partial charge in [-0.05, 0) is 42.9 Å². The summed E-state index contributed by atoms with van der Waals surface area (Å²) in [5, 5.41) is 14.5. The van der Waals surface area contributed by atoms with E-state index in [-0.39, 0.29) is 18.4 Å². The molecule has 3 N–H and O–H groups in total. The third-order valence-electron chi connectivity index (χ3n) is 5.00. The second-order valence-corrected chi connectivity index (χ2v) is 6.40. The van der Waals surface area contributed by atoms with E-state index in [1.807, 2.05) is 6.92 Å². The number of carboxylic acid groups (broad SMARTS) is 1. The number of aliphatic carboxylic acids is 1. The van der Waals surface area contributed by atoms with Crippen LogP contribution < -0.4 is 10.6 Å². The van der Waals surface area contributed by atoms with Gasteiger partial charge < -0.3 is 15.7 Å². The van der Waals surface area contributed by atoms with Gasteiger partial charge in [0, 0.05) is 19.5 Å². The van der Waals surface area contributed by atoms with Gasteiger partial charge in [-0.25, -0.2) is 4.79 Å². The lowest BCUT2D eigenvalue weighted by Gasteiger charge is -2.22. The van der Waals surface area contributed by atoms with E-state index in [0.29, 0.717) is 12.5 Å². The normalized spacial score (nSPS) is 29.1. The molecule has 0 aromatic carbocycles. The van der Waals surface area contributed by atoms with Crippen molar-refractivity contribution in [3.05, 3.63) is 0 Å². The summed E-state index contributed by atoms with van der Waals surface area (Å²) in [7, 11) is 0. The van der Waals surface area contributed by atoms with Gasteiger partial charge in [0.1, 0.15) is 0 Å². The third kappa shape index (κ3) is 4.12. The van der Waals surface area contributed by atoms with Crippen molar-refractivity contribution in [3.63, 3.8) is 0 Å². The summed E-state index contributed by atoms with van der Waals surface area (Å²) in [5.74, 6) is 1.58. The largest absolute Gasteiger partial charge is 0.481 e. The molecule has 0 aliphatic heterocycles. The molecule has 20 heavy (non-hydrogen) atoms. The van der Waals surface area contributed by atoms with Crippen LogP contribution in [0.4, 0.5) is 4.79 Å². The number of nitrogens with one attached hydrogen (secondary N) is 2. The van der Waals surface area contributed by atoms with Gasteiger partial charge in [-0.15, -0.1) is 0 Å². The molecule has 2 saturated carbocycles. The summed E-state index contributed by atoms with van der Waals surface area (Å²) in [6, 6.07) is -0.156. The topological polar surface area (TPSA) is 78.4 Å². The predicted octanol–water partition coefficient (Wildman–Crippen LogP) is 2.22. The minimum Gasteiger partial charge on any atom is -0.481 e. The van der Waals surface area contributed by atoms with Crippen LogP contribution in [0.1, 0.15) is 45.4 Å². The molecule has 2 aliphatic carbocycles. The number of hydrogen-bond acceptors (Lipinski definition) is 2. The summed E-state index contributed by atoms with van der Waals surface area (Å²) in [4.78, 5) is 22.4. The highest BCUT2D eigenvalue weighted by molar-refractivity contribution is 5.74. The molecule has 0 aromatic rings. The van der Waals surface area contributed by atoms with Crippen LogP contribution in [0.3, 0.4) is 0 Å². The number of rotatable bonds is 7. The molecule has 2 rings (SSSR count). The molecule has 114 valence electrons. The Morgan fingerprint density at radius 2 is 2.05 bits per heavy atom. The highest BCUT2D eigenvalue weighted by Crippen LogP contribution is 2.47. The minimum absolute atomic E-state index is 0.0146. The van der Waals surface area contributed by atoms with Crippen LogP contribution in [0.5, 0.6) is 0 Å². The molecule has 4 unspecified atom stereocenters. The molecule has 2 amide bonds. The first-order valence-corrected chi connectivity index (χ1v) is 7.82. The van der Waals surface area contributed by atoms with E-state index in [1.165, 1.54) is 25.7 Å². The smallest absolute Gasteiger partial charge is 0.314 e. The first-order chi connectivity index (χ1) is 9.58. The van der Waals surface area contributed by atoms with Gasteiger partial charge in [-0.2, -0.15) is 0 Å². The Balaban J connectivity index is 1.61. The van der Waals surface area contributed by atoms with Crippen molar-refractivity contribution in [1.29, 1.82) is 0 Å². The van der Waals surface area contributed by atoms with Crippen molar-refractivity contribution in [3.8, 4) is 0 Å². The van der Waals surface area contributed by atoms with Crippen LogP contribution >= 0.6 is 0 Å². The van der Waals surface area contributed by atoms with E-state index >= 15 is 0 Å². The fourth-order valence-corrected chi connectivity index (χ4v) is 3.76. The lowest BCUT2D eigenvalue weighted by Crippen LogP contribution is -2.41. The van der Waals surface area contributed by atoms with Crippen molar-refractivity contribution in [2.24, 2.45) is 23.7 Å². The average Bonchev–Trinajstić information content (AvgIpc) is 3.03. The summed E-state index contributed by atoms with van der Waals surface area (Å²) >= 11 is 0. The van der Waals surface area contributed by atoms with E-state index in [0.717, 1.165) is 24.8 Å². The Morgan fingerprint density at radius 3 is 2.60 bits per heavy atom. The molecular weight excluding hydrogens is 256 g/mol. The number of amides is 2. The van der Waals surface area contributed by atoms with Crippen molar-refractivity contribution in [2.75, 3.05) is 13.1 Å². The summed E-state index contributed by atoms with van der Waals surface area (Å²) < 4.78 is 0. The number of hydrogen-bond donors (Lipinski definition) is 3. The number of carbonyl (C=O) groups excluding carboxylic acids is 1. The molecule has 0 aromatic heterocycles. The van der Waals surface area contributed by atoms with Crippen molar-refractivity contribution in [2.45, 2.75) is 45.4 Å². The molecule has 0 radical (unpaired) electrons. The van der Waals surface area contributed by atoms with E-state index in [4.69, 9.17) is 5.11 Å². The fourth-order valence-electron chi connectivity index (χ4n) is 3.76. The van der Waals surface area contributed by atoms with Crippen LogP contribution in [-0.2, 0) is 4.79 Å². The number of fused-ring (bicyclic) bond motifs is 2. The SMILES string of the molecule is CCC(CNC(=O)NCC1CC2CCC1C2)CC(=O)O. The highest BCUT2D eigenvalue weighted by Gasteiger charge is 2.39. The molecule has 0 saturated heterocycles. The second-order valence-electron chi connectivity index (χ2n) is 6.40. The van der Waals surface area contributed by atoms with Crippen LogP contribution in [-0.4, -0.2) is 30.2 Å². The second kappa shape index (κ2) is 6.95. The zero-order valence-electron chi connectivity index (χ0n) is 12.2. The monoisotopic (exact) mass is 282 g/mol. The standard InChI is InChI=1S/C15H26N2O3/c1-2-10(7-14(18)19)8-16-15(20)17-9-13-6-11-3-4-12(13)5-11/h10-13H,2-9H2,1H3,(H,18,19)(H2,16,17,20). The molecule has 2 fully saturated rings. The Kier molecular flexibility index (Phi) is 5.26. The molecule has 0 spiro atoms. The van der Waals surface area contributed by atoms with Crippen molar-refractivity contribution >= 4 is 12.0 Å². The lowest BCUT2D eigenvalue weighted by molar-refractivity contribution is -0.138. The quantitative estimate of drug-likeness (QED) is 0.670. The molecule has 2 bridgehead atoms. The van der Waals surface area contributed by atoms with Crippen LogP contribution in [0.15, 0.2) is 0 Å². The lowest BCUT2D eigenvalue weighted by atomic mass is 9.89. The Bertz CT molecular complexity index is 359. The molecule has 5 nitrogen and oxygen atoms in total. The van der Waals surface area contributed by atoms with Gasteiger partial charge in [-0.3, -0.25) is 4.79 Å². The van der Waals surface area contributed by atoms with Crippen molar-refractivity contribution < 1.29 is 14.7 Å². The summed E-state index contributed by atoms with van der Waals surface area (Å²) in [6.07, 6.45) is 6.20. The predicted molar refractivity (Wildman–Crippen MR) is 76.4 cm³/mol. The van der Waals surface area contributed by atoms with E-state index in [1.54, 1.807) is 0 Å². The van der Waals surface area contributed by atoms with Crippen molar-refractivity contribution in [1.82, 2.24) is 10.6 Å². The van der Waals surface area contributed by atoms with Crippen LogP contribution in [0, 0.1) is 23.7 Å². The molecule has 5 heteroatoms. The van der Waals surface area contributed by atoms with Gasteiger partial charge in [0.25, 0.3) is 0 Å². The summed E-state index contributed by atoms with van der Waals surface area (Å²) in [6.45, 7) is 3.15. The molecule has 4 atom stereocenters. The Hall–Kier alpha value is -1.26. The first kappa shape index (κ1) is 15.1.